The molecule has 0 amide bonds. The molecule has 0 radical (unpaired) electrons. The Morgan fingerprint density at radius 1 is 1.00 bits per heavy atom. The third-order valence-corrected chi connectivity index (χ3v) is 8.31. The summed E-state index contributed by atoms with van der Waals surface area (Å²) in [7, 11) is 1.99. The molecule has 1 aromatic carbocycles. The molecule has 4 nitrogen and oxygen atoms in total. The third kappa shape index (κ3) is 4.13. The van der Waals surface area contributed by atoms with Gasteiger partial charge in [-0.2, -0.15) is 0 Å². The molecule has 5 rings (SSSR count). The zero-order valence-corrected chi connectivity index (χ0v) is 18.9. The van der Waals surface area contributed by atoms with E-state index in [1.54, 1.807) is 0 Å². The fourth-order valence-corrected chi connectivity index (χ4v) is 6.64. The second kappa shape index (κ2) is 9.30. The van der Waals surface area contributed by atoms with Crippen molar-refractivity contribution in [1.29, 1.82) is 0 Å². The van der Waals surface area contributed by atoms with Crippen LogP contribution >= 0.6 is 22.7 Å². The molecular formula is C24H28N2O2S2. The first-order valence-electron chi connectivity index (χ1n) is 10.7. The van der Waals surface area contributed by atoms with Gasteiger partial charge in [0.1, 0.15) is 0 Å². The van der Waals surface area contributed by atoms with E-state index in [2.05, 4.69) is 58.5 Å². The summed E-state index contributed by atoms with van der Waals surface area (Å²) in [6.45, 7) is 4.19. The molecule has 4 heterocycles. The van der Waals surface area contributed by atoms with Gasteiger partial charge in [0.15, 0.2) is 0 Å². The van der Waals surface area contributed by atoms with Crippen molar-refractivity contribution < 1.29 is 9.47 Å². The Balaban J connectivity index is 1.31. The van der Waals surface area contributed by atoms with Crippen molar-refractivity contribution in [2.45, 2.75) is 24.5 Å². The summed E-state index contributed by atoms with van der Waals surface area (Å²) in [5.74, 6) is 0.376. The quantitative estimate of drug-likeness (QED) is 0.556. The maximum Gasteiger partial charge on any atom is 0.0960 e. The highest BCUT2D eigenvalue weighted by atomic mass is 32.1. The minimum Gasteiger partial charge on any atom is -0.372 e. The van der Waals surface area contributed by atoms with Crippen molar-refractivity contribution in [3.63, 3.8) is 0 Å². The standard InChI is InChI=1S/C24H28N2O2S2/c1-25-13-20-19-11-23(16-5-3-2-4-6-16)30-24(19)17(15-28-20)12-26-14-21-18-8-10-29-22(18)7-9-27-21/h2-6,8,10-11,17,20-21,25-26H,7,9,12-15H2,1H3/t17?,20?,21-/m1/s1. The molecule has 30 heavy (non-hydrogen) atoms. The Kier molecular flexibility index (Phi) is 6.32. The predicted octanol–water partition coefficient (Wildman–Crippen LogP) is 4.75. The number of fused-ring (bicyclic) bond motifs is 2. The van der Waals surface area contributed by atoms with Crippen LogP contribution in [0.25, 0.3) is 10.4 Å². The average Bonchev–Trinajstić information content (AvgIpc) is 3.44. The van der Waals surface area contributed by atoms with E-state index >= 15 is 0 Å². The molecule has 0 aliphatic carbocycles. The van der Waals surface area contributed by atoms with Crippen LogP contribution in [0.2, 0.25) is 0 Å². The van der Waals surface area contributed by atoms with Gasteiger partial charge in [0.05, 0.1) is 25.4 Å². The molecule has 2 aliphatic heterocycles. The molecule has 0 spiro atoms. The summed E-state index contributed by atoms with van der Waals surface area (Å²) in [6.07, 6.45) is 1.35. The zero-order chi connectivity index (χ0) is 20.3. The number of benzene rings is 1. The van der Waals surface area contributed by atoms with E-state index in [1.165, 1.54) is 31.3 Å². The number of hydrogen-bond acceptors (Lipinski definition) is 6. The van der Waals surface area contributed by atoms with Crippen LogP contribution in [-0.2, 0) is 15.9 Å². The molecule has 158 valence electrons. The molecule has 2 aliphatic rings. The van der Waals surface area contributed by atoms with Gasteiger partial charge in [-0.3, -0.25) is 0 Å². The van der Waals surface area contributed by atoms with E-state index < -0.39 is 0 Å². The number of rotatable bonds is 7. The van der Waals surface area contributed by atoms with E-state index in [1.807, 2.05) is 29.7 Å². The molecule has 0 bridgehead atoms. The van der Waals surface area contributed by atoms with Gasteiger partial charge in [-0.25, -0.2) is 0 Å². The number of hydrogen-bond donors (Lipinski definition) is 2. The van der Waals surface area contributed by atoms with Crippen LogP contribution < -0.4 is 10.6 Å². The molecule has 2 unspecified atom stereocenters. The van der Waals surface area contributed by atoms with Crippen LogP contribution in [0.5, 0.6) is 0 Å². The maximum atomic E-state index is 6.27. The summed E-state index contributed by atoms with van der Waals surface area (Å²) < 4.78 is 12.3. The van der Waals surface area contributed by atoms with E-state index in [4.69, 9.17) is 9.47 Å². The molecule has 3 aromatic rings. The summed E-state index contributed by atoms with van der Waals surface area (Å²) in [5.41, 5.74) is 4.00. The zero-order valence-electron chi connectivity index (χ0n) is 17.2. The fourth-order valence-electron chi connectivity index (χ4n) is 4.42. The molecule has 0 fully saturated rings. The van der Waals surface area contributed by atoms with E-state index in [0.717, 1.165) is 39.3 Å². The van der Waals surface area contributed by atoms with Crippen LogP contribution in [0.3, 0.4) is 0 Å². The lowest BCUT2D eigenvalue weighted by Crippen LogP contribution is -2.34. The monoisotopic (exact) mass is 440 g/mol. The molecule has 0 saturated carbocycles. The number of ether oxygens (including phenoxy) is 2. The Labute approximate surface area is 186 Å². The molecule has 6 heteroatoms. The highest BCUT2D eigenvalue weighted by molar-refractivity contribution is 7.15. The van der Waals surface area contributed by atoms with Crippen molar-refractivity contribution in [3.05, 3.63) is 68.7 Å². The van der Waals surface area contributed by atoms with Crippen LogP contribution in [0.15, 0.2) is 47.8 Å². The van der Waals surface area contributed by atoms with Crippen LogP contribution in [0, 0.1) is 0 Å². The fraction of sp³-hybridized carbons (Fsp3) is 0.417. The van der Waals surface area contributed by atoms with Gasteiger partial charge in [-0.05, 0) is 41.3 Å². The normalized spacial score (nSPS) is 23.2. The summed E-state index contributed by atoms with van der Waals surface area (Å²) in [5, 5.41) is 9.15. The van der Waals surface area contributed by atoms with Gasteiger partial charge >= 0.3 is 0 Å². The highest BCUT2D eigenvalue weighted by Crippen LogP contribution is 2.43. The van der Waals surface area contributed by atoms with Crippen molar-refractivity contribution in [1.82, 2.24) is 10.6 Å². The van der Waals surface area contributed by atoms with Crippen LogP contribution in [0.1, 0.15) is 39.0 Å². The second-order valence-corrected chi connectivity index (χ2v) is 10.0. The predicted molar refractivity (Wildman–Crippen MR) is 125 cm³/mol. The van der Waals surface area contributed by atoms with Crippen LogP contribution in [-0.4, -0.2) is 39.9 Å². The van der Waals surface area contributed by atoms with Gasteiger partial charge in [0, 0.05) is 46.6 Å². The van der Waals surface area contributed by atoms with Gasteiger partial charge in [0.2, 0.25) is 0 Å². The molecule has 3 atom stereocenters. The average molecular weight is 441 g/mol. The van der Waals surface area contributed by atoms with Gasteiger partial charge in [-0.1, -0.05) is 30.3 Å². The van der Waals surface area contributed by atoms with E-state index in [9.17, 15) is 0 Å². The molecule has 0 saturated heterocycles. The smallest absolute Gasteiger partial charge is 0.0960 e. The lowest BCUT2D eigenvalue weighted by Gasteiger charge is -2.30. The summed E-state index contributed by atoms with van der Waals surface area (Å²) in [6, 6.07) is 15.2. The highest BCUT2D eigenvalue weighted by Gasteiger charge is 2.31. The Morgan fingerprint density at radius 3 is 2.73 bits per heavy atom. The first-order valence-corrected chi connectivity index (χ1v) is 12.4. The summed E-state index contributed by atoms with van der Waals surface area (Å²) >= 11 is 3.78. The minimum absolute atomic E-state index is 0.130. The third-order valence-electron chi connectivity index (χ3n) is 5.95. The molecular weight excluding hydrogens is 412 g/mol. The molecule has 2 aromatic heterocycles. The SMILES string of the molecule is CNCC1OCC(CNC[C@H]2OCCc3sccc32)c2sc(-c3ccccc3)cc21. The Bertz CT molecular complexity index is 969. The molecule has 2 N–H and O–H groups in total. The lowest BCUT2D eigenvalue weighted by molar-refractivity contribution is 0.0261. The van der Waals surface area contributed by atoms with Crippen molar-refractivity contribution in [2.75, 3.05) is 39.9 Å². The van der Waals surface area contributed by atoms with Gasteiger partial charge < -0.3 is 20.1 Å². The van der Waals surface area contributed by atoms with Crippen molar-refractivity contribution >= 4 is 22.7 Å². The minimum atomic E-state index is 0.130. The topological polar surface area (TPSA) is 42.5 Å². The number of likely N-dealkylation sites (N-methyl/N-ethyl adjacent to an activating group) is 1. The maximum absolute atomic E-state index is 6.27. The van der Waals surface area contributed by atoms with Crippen molar-refractivity contribution in [3.8, 4) is 10.4 Å². The Hall–Kier alpha value is -1.54. The Morgan fingerprint density at radius 2 is 1.87 bits per heavy atom. The first kappa shape index (κ1) is 20.4. The van der Waals surface area contributed by atoms with Crippen LogP contribution in [0.4, 0.5) is 0 Å². The van der Waals surface area contributed by atoms with E-state index in [-0.39, 0.29) is 12.2 Å². The lowest BCUT2D eigenvalue weighted by atomic mass is 9.97. The van der Waals surface area contributed by atoms with Gasteiger partial charge in [-0.15, -0.1) is 22.7 Å². The number of nitrogens with one attached hydrogen (secondary N) is 2. The largest absolute Gasteiger partial charge is 0.372 e. The van der Waals surface area contributed by atoms with Gasteiger partial charge in [0.25, 0.3) is 0 Å². The summed E-state index contributed by atoms with van der Waals surface area (Å²) in [4.78, 5) is 4.28. The van der Waals surface area contributed by atoms with E-state index in [0.29, 0.717) is 5.92 Å². The first-order chi connectivity index (χ1) is 14.8. The number of thiophene rings is 2. The second-order valence-electron chi connectivity index (χ2n) is 7.94. The van der Waals surface area contributed by atoms with Crippen molar-refractivity contribution in [2.24, 2.45) is 0 Å².